The fourth-order valence-electron chi connectivity index (χ4n) is 2.92. The zero-order valence-corrected chi connectivity index (χ0v) is 12.6. The van der Waals surface area contributed by atoms with Gasteiger partial charge in [-0.1, -0.05) is 6.07 Å². The summed E-state index contributed by atoms with van der Waals surface area (Å²) in [5.74, 6) is -0.729. The van der Waals surface area contributed by atoms with Crippen molar-refractivity contribution in [2.45, 2.75) is 0 Å². The molecule has 9 heteroatoms. The van der Waals surface area contributed by atoms with Crippen LogP contribution in [0.25, 0.3) is 11.0 Å². The number of aromatic amines is 2. The van der Waals surface area contributed by atoms with Crippen LogP contribution in [0, 0.1) is 11.6 Å². The molecular weight excluding hydrogens is 318 g/mol. The first-order valence-corrected chi connectivity index (χ1v) is 7.51. The zero-order chi connectivity index (χ0) is 16.7. The van der Waals surface area contributed by atoms with Crippen molar-refractivity contribution in [1.29, 1.82) is 0 Å². The van der Waals surface area contributed by atoms with Gasteiger partial charge in [-0.05, 0) is 12.1 Å². The molecule has 2 aromatic heterocycles. The average Bonchev–Trinajstić information content (AvgIpc) is 3.04. The Kier molecular flexibility index (Phi) is 3.40. The number of benzene rings is 1. The van der Waals surface area contributed by atoms with Crippen LogP contribution in [0.5, 0.6) is 0 Å². The second-order valence-electron chi connectivity index (χ2n) is 5.57. The predicted molar refractivity (Wildman–Crippen MR) is 85.3 cm³/mol. The summed E-state index contributed by atoms with van der Waals surface area (Å²) in [7, 11) is 0. The second-order valence-corrected chi connectivity index (χ2v) is 5.57. The Morgan fingerprint density at radius 3 is 2.42 bits per heavy atom. The van der Waals surface area contributed by atoms with Crippen molar-refractivity contribution in [3.05, 3.63) is 46.4 Å². The lowest BCUT2D eigenvalue weighted by Crippen LogP contribution is -2.48. The summed E-state index contributed by atoms with van der Waals surface area (Å²) in [4.78, 5) is 22.6. The summed E-state index contributed by atoms with van der Waals surface area (Å²) < 4.78 is 27.8. The average molecular weight is 332 g/mol. The molecule has 2 N–H and O–H groups in total. The number of aromatic nitrogens is 4. The first kappa shape index (κ1) is 14.6. The molecule has 1 aliphatic rings. The van der Waals surface area contributed by atoms with Gasteiger partial charge in [0.1, 0.15) is 22.7 Å². The van der Waals surface area contributed by atoms with E-state index in [2.05, 4.69) is 20.2 Å². The van der Waals surface area contributed by atoms with E-state index < -0.39 is 11.6 Å². The van der Waals surface area contributed by atoms with Crippen LogP contribution in [-0.2, 0) is 0 Å². The lowest BCUT2D eigenvalue weighted by atomic mass is 10.2. The normalized spacial score (nSPS) is 15.2. The molecule has 0 unspecified atom stereocenters. The molecule has 3 heterocycles. The Bertz CT molecular complexity index is 924. The quantitative estimate of drug-likeness (QED) is 0.738. The molecule has 124 valence electrons. The number of piperazine rings is 1. The van der Waals surface area contributed by atoms with E-state index in [-0.39, 0.29) is 11.2 Å². The van der Waals surface area contributed by atoms with Crippen molar-refractivity contribution in [1.82, 2.24) is 20.2 Å². The monoisotopic (exact) mass is 332 g/mol. The lowest BCUT2D eigenvalue weighted by molar-refractivity contribution is 0.554. The Morgan fingerprint density at radius 1 is 1.04 bits per heavy atom. The molecule has 24 heavy (non-hydrogen) atoms. The zero-order valence-electron chi connectivity index (χ0n) is 12.6. The van der Waals surface area contributed by atoms with Crippen LogP contribution in [-0.4, -0.2) is 46.3 Å². The van der Waals surface area contributed by atoms with Crippen LogP contribution in [0.1, 0.15) is 0 Å². The molecule has 1 fully saturated rings. The number of halogens is 2. The van der Waals surface area contributed by atoms with E-state index in [1.54, 1.807) is 4.90 Å². The third kappa shape index (κ3) is 2.38. The highest BCUT2D eigenvalue weighted by Gasteiger charge is 2.23. The summed E-state index contributed by atoms with van der Waals surface area (Å²) >= 11 is 0. The minimum absolute atomic E-state index is 0.0115. The SMILES string of the molecule is O=c1[nH]c(N2CCN(c3c(F)cccc3F)CC2)nc2[nH]ncc12. The molecule has 1 aliphatic heterocycles. The minimum Gasteiger partial charge on any atom is -0.363 e. The highest BCUT2D eigenvalue weighted by molar-refractivity contribution is 5.73. The van der Waals surface area contributed by atoms with Gasteiger partial charge in [0.05, 0.1) is 6.20 Å². The molecule has 0 saturated carbocycles. The standard InChI is InChI=1S/C15H14F2N6O/c16-10-2-1-3-11(17)12(10)22-4-6-23(7-5-22)15-19-13-9(8-18-21-13)14(24)20-15/h1-3,8H,4-7H2,(H2,18,19,20,21,24). The van der Waals surface area contributed by atoms with Crippen LogP contribution in [0.3, 0.4) is 0 Å². The predicted octanol–water partition coefficient (Wildman–Crippen LogP) is 1.25. The number of rotatable bonds is 2. The number of anilines is 2. The van der Waals surface area contributed by atoms with Crippen molar-refractivity contribution in [3.8, 4) is 0 Å². The molecule has 0 spiro atoms. The Labute approximate surface area is 134 Å². The van der Waals surface area contributed by atoms with Gasteiger partial charge in [-0.25, -0.2) is 8.78 Å². The maximum Gasteiger partial charge on any atom is 0.263 e. The maximum absolute atomic E-state index is 13.9. The van der Waals surface area contributed by atoms with E-state index in [0.717, 1.165) is 0 Å². The summed E-state index contributed by atoms with van der Waals surface area (Å²) in [6.45, 7) is 1.80. The molecule has 0 radical (unpaired) electrons. The number of fused-ring (bicyclic) bond motifs is 1. The molecule has 1 aromatic carbocycles. The van der Waals surface area contributed by atoms with Crippen LogP contribution in [0.15, 0.2) is 29.2 Å². The smallest absolute Gasteiger partial charge is 0.263 e. The van der Waals surface area contributed by atoms with Crippen LogP contribution in [0.2, 0.25) is 0 Å². The highest BCUT2D eigenvalue weighted by atomic mass is 19.1. The molecule has 3 aromatic rings. The van der Waals surface area contributed by atoms with E-state index in [1.807, 2.05) is 4.90 Å². The van der Waals surface area contributed by atoms with Crippen molar-refractivity contribution in [2.75, 3.05) is 36.0 Å². The summed E-state index contributed by atoms with van der Waals surface area (Å²) in [5.41, 5.74) is 0.130. The summed E-state index contributed by atoms with van der Waals surface area (Å²) in [5, 5.41) is 6.87. The van der Waals surface area contributed by atoms with Gasteiger partial charge in [0, 0.05) is 26.2 Å². The first-order chi connectivity index (χ1) is 11.6. The van der Waals surface area contributed by atoms with Crippen LogP contribution >= 0.6 is 0 Å². The van der Waals surface area contributed by atoms with Crippen molar-refractivity contribution < 1.29 is 8.78 Å². The van der Waals surface area contributed by atoms with Gasteiger partial charge in [-0.3, -0.25) is 14.9 Å². The largest absolute Gasteiger partial charge is 0.363 e. The van der Waals surface area contributed by atoms with E-state index in [1.165, 1.54) is 24.4 Å². The van der Waals surface area contributed by atoms with Gasteiger partial charge >= 0.3 is 0 Å². The number of para-hydroxylation sites is 1. The number of nitrogens with zero attached hydrogens (tertiary/aromatic N) is 4. The Hall–Kier alpha value is -2.97. The molecule has 0 amide bonds. The summed E-state index contributed by atoms with van der Waals surface area (Å²) in [6, 6.07) is 3.84. The molecule has 1 saturated heterocycles. The second kappa shape index (κ2) is 5.59. The molecule has 7 nitrogen and oxygen atoms in total. The van der Waals surface area contributed by atoms with E-state index in [0.29, 0.717) is 43.2 Å². The molecular formula is C15H14F2N6O. The lowest BCUT2D eigenvalue weighted by Gasteiger charge is -2.36. The fourth-order valence-corrected chi connectivity index (χ4v) is 2.92. The fraction of sp³-hybridized carbons (Fsp3) is 0.267. The number of nitrogens with one attached hydrogen (secondary N) is 2. The maximum atomic E-state index is 13.9. The Balaban J connectivity index is 1.56. The van der Waals surface area contributed by atoms with Gasteiger partial charge < -0.3 is 9.80 Å². The number of H-pyrrole nitrogens is 2. The van der Waals surface area contributed by atoms with Crippen molar-refractivity contribution in [2.24, 2.45) is 0 Å². The topological polar surface area (TPSA) is 80.9 Å². The molecule has 0 atom stereocenters. The van der Waals surface area contributed by atoms with Gasteiger partial charge in [0.15, 0.2) is 5.65 Å². The van der Waals surface area contributed by atoms with E-state index in [9.17, 15) is 13.6 Å². The number of hydrogen-bond donors (Lipinski definition) is 2. The Morgan fingerprint density at radius 2 is 1.71 bits per heavy atom. The van der Waals surface area contributed by atoms with Crippen LogP contribution < -0.4 is 15.4 Å². The van der Waals surface area contributed by atoms with Crippen molar-refractivity contribution >= 4 is 22.7 Å². The van der Waals surface area contributed by atoms with Gasteiger partial charge in [0.2, 0.25) is 5.95 Å². The highest BCUT2D eigenvalue weighted by Crippen LogP contribution is 2.25. The molecule has 4 rings (SSSR count). The minimum atomic E-state index is -0.575. The summed E-state index contributed by atoms with van der Waals surface area (Å²) in [6.07, 6.45) is 1.42. The van der Waals surface area contributed by atoms with Crippen LogP contribution in [0.4, 0.5) is 20.4 Å². The van der Waals surface area contributed by atoms with E-state index in [4.69, 9.17) is 0 Å². The number of hydrogen-bond acceptors (Lipinski definition) is 5. The van der Waals surface area contributed by atoms with Crippen molar-refractivity contribution in [3.63, 3.8) is 0 Å². The molecule has 0 aliphatic carbocycles. The third-order valence-corrected chi connectivity index (χ3v) is 4.14. The first-order valence-electron chi connectivity index (χ1n) is 7.51. The van der Waals surface area contributed by atoms with Gasteiger partial charge in [-0.2, -0.15) is 10.1 Å². The van der Waals surface area contributed by atoms with E-state index >= 15 is 0 Å². The van der Waals surface area contributed by atoms with Gasteiger partial charge in [-0.15, -0.1) is 0 Å². The van der Waals surface area contributed by atoms with Gasteiger partial charge in [0.25, 0.3) is 5.56 Å². The molecule has 0 bridgehead atoms. The third-order valence-electron chi connectivity index (χ3n) is 4.14.